The zero-order chi connectivity index (χ0) is 11.2. The maximum absolute atomic E-state index is 8.54. The molecule has 0 saturated carbocycles. The van der Waals surface area contributed by atoms with Crippen molar-refractivity contribution in [3.05, 3.63) is 12.1 Å². The van der Waals surface area contributed by atoms with Crippen molar-refractivity contribution in [1.29, 1.82) is 0 Å². The average Bonchev–Trinajstić information content (AvgIpc) is 1.95. The first-order valence-electron chi connectivity index (χ1n) is 5.00. The van der Waals surface area contributed by atoms with E-state index in [-0.39, 0.29) is 5.60 Å². The third kappa shape index (κ3) is 8.29. The van der Waals surface area contributed by atoms with Crippen LogP contribution in [0.3, 0.4) is 0 Å². The van der Waals surface area contributed by atoms with Gasteiger partial charge in [0.1, 0.15) is 0 Å². The Bertz CT molecular complexity index is 176. The number of hydrogen-bond acceptors (Lipinski definition) is 3. The summed E-state index contributed by atoms with van der Waals surface area (Å²) in [6, 6.07) is 0. The van der Waals surface area contributed by atoms with Gasteiger partial charge in [-0.05, 0) is 26.2 Å². The molecule has 14 heavy (non-hydrogen) atoms. The molecule has 0 amide bonds. The molecule has 0 rings (SSSR count). The van der Waals surface area contributed by atoms with Crippen LogP contribution in [0.1, 0.15) is 34.1 Å². The normalized spacial score (nSPS) is 12.8. The molecule has 0 aliphatic heterocycles. The van der Waals surface area contributed by atoms with Gasteiger partial charge in [0, 0.05) is 0 Å². The molecule has 2 N–H and O–H groups in total. The Labute approximate surface area is 86.9 Å². The fourth-order valence-electron chi connectivity index (χ4n) is 1.49. The molecular formula is C10H21BO3. The number of rotatable bonds is 6. The third-order valence-corrected chi connectivity index (χ3v) is 1.78. The first-order chi connectivity index (χ1) is 6.33. The van der Waals surface area contributed by atoms with E-state index >= 15 is 0 Å². The Kier molecular flexibility index (Phi) is 6.08. The van der Waals surface area contributed by atoms with Crippen LogP contribution in [0.2, 0.25) is 0 Å². The zero-order valence-corrected chi connectivity index (χ0v) is 9.53. The fourth-order valence-corrected chi connectivity index (χ4v) is 1.49. The van der Waals surface area contributed by atoms with Crippen molar-refractivity contribution in [3.8, 4) is 0 Å². The summed E-state index contributed by atoms with van der Waals surface area (Å²) in [5, 5.41) is 17.1. The lowest BCUT2D eigenvalue weighted by Gasteiger charge is -2.26. The first-order valence-corrected chi connectivity index (χ1v) is 5.00. The molecule has 0 aromatic heterocycles. The van der Waals surface area contributed by atoms with Crippen LogP contribution >= 0.6 is 0 Å². The van der Waals surface area contributed by atoms with Gasteiger partial charge in [-0.15, -0.1) is 0 Å². The van der Waals surface area contributed by atoms with Crippen molar-refractivity contribution < 1.29 is 14.8 Å². The highest BCUT2D eigenvalue weighted by Gasteiger charge is 2.19. The second-order valence-corrected chi connectivity index (χ2v) is 4.51. The summed E-state index contributed by atoms with van der Waals surface area (Å²) in [4.78, 5) is 0. The molecule has 0 aromatic carbocycles. The van der Waals surface area contributed by atoms with Crippen LogP contribution in [-0.2, 0) is 4.74 Å². The van der Waals surface area contributed by atoms with Crippen LogP contribution in [0.4, 0.5) is 0 Å². The van der Waals surface area contributed by atoms with E-state index in [2.05, 4.69) is 13.8 Å². The van der Waals surface area contributed by atoms with Crippen LogP contribution in [-0.4, -0.2) is 29.4 Å². The SMILES string of the molecule is CC(C)CC(C)(C)OC/C=C/B(O)O. The van der Waals surface area contributed by atoms with Gasteiger partial charge < -0.3 is 14.8 Å². The molecule has 0 aliphatic rings. The monoisotopic (exact) mass is 200 g/mol. The molecule has 0 unspecified atom stereocenters. The molecule has 0 atom stereocenters. The van der Waals surface area contributed by atoms with E-state index in [9.17, 15) is 0 Å². The smallest absolute Gasteiger partial charge is 0.424 e. The largest absolute Gasteiger partial charge is 0.480 e. The van der Waals surface area contributed by atoms with Gasteiger partial charge in [0.2, 0.25) is 0 Å². The lowest BCUT2D eigenvalue weighted by atomic mass is 9.92. The highest BCUT2D eigenvalue weighted by Crippen LogP contribution is 2.19. The second kappa shape index (κ2) is 6.22. The van der Waals surface area contributed by atoms with E-state index in [0.29, 0.717) is 12.5 Å². The highest BCUT2D eigenvalue weighted by atomic mass is 16.5. The van der Waals surface area contributed by atoms with Crippen LogP contribution in [0, 0.1) is 5.92 Å². The lowest BCUT2D eigenvalue weighted by molar-refractivity contribution is -0.0159. The van der Waals surface area contributed by atoms with Gasteiger partial charge >= 0.3 is 7.12 Å². The Hall–Kier alpha value is -0.315. The summed E-state index contributed by atoms with van der Waals surface area (Å²) in [6.07, 6.45) is 2.61. The van der Waals surface area contributed by atoms with Gasteiger partial charge in [0.15, 0.2) is 0 Å². The predicted molar refractivity (Wildman–Crippen MR) is 58.8 cm³/mol. The van der Waals surface area contributed by atoms with Gasteiger partial charge in [0.05, 0.1) is 12.2 Å². The van der Waals surface area contributed by atoms with E-state index in [1.165, 1.54) is 5.98 Å². The summed E-state index contributed by atoms with van der Waals surface area (Å²) in [6.45, 7) is 8.79. The quantitative estimate of drug-likeness (QED) is 0.637. The Morgan fingerprint density at radius 1 is 1.36 bits per heavy atom. The maximum atomic E-state index is 8.54. The zero-order valence-electron chi connectivity index (χ0n) is 9.53. The van der Waals surface area contributed by atoms with Gasteiger partial charge in [0.25, 0.3) is 0 Å². The predicted octanol–water partition coefficient (Wildman–Crippen LogP) is 1.40. The van der Waals surface area contributed by atoms with Crippen molar-refractivity contribution in [2.75, 3.05) is 6.61 Å². The standard InChI is InChI=1S/C10H21BO3/c1-9(2)8-10(3,4)14-7-5-6-11(12)13/h5-6,9,12-13H,7-8H2,1-4H3/b6-5+. The van der Waals surface area contributed by atoms with E-state index in [0.717, 1.165) is 6.42 Å². The van der Waals surface area contributed by atoms with Crippen molar-refractivity contribution in [2.24, 2.45) is 5.92 Å². The molecule has 82 valence electrons. The molecule has 0 spiro atoms. The van der Waals surface area contributed by atoms with E-state index in [4.69, 9.17) is 14.8 Å². The summed E-state index contributed by atoms with van der Waals surface area (Å²) in [5.74, 6) is 1.89. The molecular weight excluding hydrogens is 179 g/mol. The molecule has 0 heterocycles. The lowest BCUT2D eigenvalue weighted by Crippen LogP contribution is -2.26. The van der Waals surface area contributed by atoms with Crippen molar-refractivity contribution in [3.63, 3.8) is 0 Å². The van der Waals surface area contributed by atoms with Crippen molar-refractivity contribution in [1.82, 2.24) is 0 Å². The second-order valence-electron chi connectivity index (χ2n) is 4.51. The van der Waals surface area contributed by atoms with Crippen molar-refractivity contribution >= 4 is 7.12 Å². The highest BCUT2D eigenvalue weighted by molar-refractivity contribution is 6.47. The third-order valence-electron chi connectivity index (χ3n) is 1.78. The Morgan fingerprint density at radius 2 is 1.93 bits per heavy atom. The van der Waals surface area contributed by atoms with Gasteiger partial charge in [-0.3, -0.25) is 0 Å². The summed E-state index contributed by atoms with van der Waals surface area (Å²) < 4.78 is 5.58. The van der Waals surface area contributed by atoms with E-state index in [1.54, 1.807) is 6.08 Å². The Balaban J connectivity index is 3.76. The maximum Gasteiger partial charge on any atom is 0.480 e. The summed E-state index contributed by atoms with van der Waals surface area (Å²) in [5.41, 5.74) is -0.154. The summed E-state index contributed by atoms with van der Waals surface area (Å²) >= 11 is 0. The molecule has 0 fully saturated rings. The molecule has 0 bridgehead atoms. The number of ether oxygens (including phenoxy) is 1. The minimum atomic E-state index is -1.38. The average molecular weight is 200 g/mol. The molecule has 4 heteroatoms. The van der Waals surface area contributed by atoms with Crippen LogP contribution < -0.4 is 0 Å². The van der Waals surface area contributed by atoms with Crippen LogP contribution in [0.5, 0.6) is 0 Å². The minimum Gasteiger partial charge on any atom is -0.424 e. The molecule has 3 nitrogen and oxygen atoms in total. The van der Waals surface area contributed by atoms with Gasteiger partial charge in [-0.2, -0.15) is 0 Å². The van der Waals surface area contributed by atoms with Crippen molar-refractivity contribution in [2.45, 2.75) is 39.7 Å². The molecule has 0 saturated heterocycles. The van der Waals surface area contributed by atoms with Gasteiger partial charge in [-0.1, -0.05) is 25.9 Å². The summed E-state index contributed by atoms with van der Waals surface area (Å²) in [7, 11) is -1.38. The van der Waals surface area contributed by atoms with Crippen LogP contribution in [0.25, 0.3) is 0 Å². The molecule has 0 radical (unpaired) electrons. The number of hydrogen-bond donors (Lipinski definition) is 2. The van der Waals surface area contributed by atoms with Crippen LogP contribution in [0.15, 0.2) is 12.1 Å². The van der Waals surface area contributed by atoms with E-state index in [1.807, 2.05) is 13.8 Å². The minimum absolute atomic E-state index is 0.154. The topological polar surface area (TPSA) is 49.7 Å². The molecule has 0 aromatic rings. The van der Waals surface area contributed by atoms with E-state index < -0.39 is 7.12 Å². The fraction of sp³-hybridized carbons (Fsp3) is 0.800. The molecule has 0 aliphatic carbocycles. The van der Waals surface area contributed by atoms with Gasteiger partial charge in [-0.25, -0.2) is 0 Å². The first kappa shape index (κ1) is 13.7. The Morgan fingerprint density at radius 3 is 2.36 bits per heavy atom.